The molecule has 104 valence electrons. The van der Waals surface area contributed by atoms with Gasteiger partial charge in [0.2, 0.25) is 5.91 Å². The third kappa shape index (κ3) is 3.99. The predicted molar refractivity (Wildman–Crippen MR) is 79.2 cm³/mol. The van der Waals surface area contributed by atoms with Gasteiger partial charge in [-0.3, -0.25) is 4.79 Å². The molecule has 0 radical (unpaired) electrons. The maximum Gasteiger partial charge on any atom is 0.251 e. The third-order valence-electron chi connectivity index (χ3n) is 2.88. The molecule has 0 saturated carbocycles. The van der Waals surface area contributed by atoms with Crippen LogP contribution in [0.5, 0.6) is 0 Å². The molecule has 1 amide bonds. The molecule has 1 heterocycles. The number of carbonyl (C=O) groups excluding carboxylic acids is 1. The molecule has 2 rings (SSSR count). The van der Waals surface area contributed by atoms with E-state index in [2.05, 4.69) is 5.32 Å². The third-order valence-corrected chi connectivity index (χ3v) is 3.90. The Balaban J connectivity index is 1.82. The van der Waals surface area contributed by atoms with Gasteiger partial charge in [-0.1, -0.05) is 24.3 Å². The van der Waals surface area contributed by atoms with Crippen LogP contribution in [-0.2, 0) is 11.3 Å². The molecule has 20 heavy (non-hydrogen) atoms. The molecule has 0 aliphatic carbocycles. The summed E-state index contributed by atoms with van der Waals surface area (Å²) < 4.78 is 0.763. The topological polar surface area (TPSA) is 56.0 Å². The summed E-state index contributed by atoms with van der Waals surface area (Å²) in [7, 11) is 0. The summed E-state index contributed by atoms with van der Waals surface area (Å²) in [6.07, 6.45) is 1.42. The van der Waals surface area contributed by atoms with Gasteiger partial charge in [-0.25, -0.2) is 0 Å². The van der Waals surface area contributed by atoms with Gasteiger partial charge in [0, 0.05) is 18.7 Å². The second-order valence-electron chi connectivity index (χ2n) is 4.36. The first-order chi connectivity index (χ1) is 9.66. The van der Waals surface area contributed by atoms with Gasteiger partial charge in [0.25, 0.3) is 5.03 Å². The molecule has 0 fully saturated rings. The Morgan fingerprint density at radius 2 is 2.00 bits per heavy atom. The highest BCUT2D eigenvalue weighted by Crippen LogP contribution is 2.12. The van der Waals surface area contributed by atoms with Gasteiger partial charge in [0.1, 0.15) is 0 Å². The molecule has 2 aromatic rings. The number of hydrogen-bond acceptors (Lipinski definition) is 3. The smallest absolute Gasteiger partial charge is 0.251 e. The van der Waals surface area contributed by atoms with E-state index in [0.29, 0.717) is 11.6 Å². The van der Waals surface area contributed by atoms with E-state index in [1.807, 2.05) is 31.2 Å². The Kier molecular flexibility index (Phi) is 5.01. The Bertz CT molecular complexity index is 550. The Hall–Kier alpha value is -2.01. The van der Waals surface area contributed by atoms with Gasteiger partial charge >= 0.3 is 0 Å². The van der Waals surface area contributed by atoms with Crippen LogP contribution in [-0.4, -0.2) is 11.7 Å². The molecule has 0 saturated heterocycles. The molecule has 1 N–H and O–H groups in total. The van der Waals surface area contributed by atoms with Crippen molar-refractivity contribution in [2.24, 2.45) is 0 Å². The number of benzene rings is 1. The van der Waals surface area contributed by atoms with E-state index < -0.39 is 0 Å². The molecule has 0 aliphatic heterocycles. The lowest BCUT2D eigenvalue weighted by Gasteiger charge is -2.07. The number of thioether (sulfide) groups is 1. The Labute approximate surface area is 122 Å². The van der Waals surface area contributed by atoms with E-state index >= 15 is 0 Å². The minimum absolute atomic E-state index is 0.0814. The second-order valence-corrected chi connectivity index (χ2v) is 5.35. The van der Waals surface area contributed by atoms with Crippen molar-refractivity contribution in [2.75, 3.05) is 5.75 Å². The van der Waals surface area contributed by atoms with Crippen molar-refractivity contribution in [3.63, 3.8) is 0 Å². The van der Waals surface area contributed by atoms with E-state index in [1.54, 1.807) is 18.2 Å². The van der Waals surface area contributed by atoms with Crippen molar-refractivity contribution < 1.29 is 9.52 Å². The zero-order valence-corrected chi connectivity index (χ0v) is 12.0. The SMILES string of the molecule is Cc1ccccc1CNC(=O)CSc1cccc[n+]1[O-]. The maximum atomic E-state index is 11.8. The van der Waals surface area contributed by atoms with Crippen LogP contribution < -0.4 is 10.0 Å². The lowest BCUT2D eigenvalue weighted by atomic mass is 10.1. The summed E-state index contributed by atoms with van der Waals surface area (Å²) in [5, 5.41) is 14.8. The Morgan fingerprint density at radius 1 is 1.25 bits per heavy atom. The fraction of sp³-hybridized carbons (Fsp3) is 0.200. The van der Waals surface area contributed by atoms with Crippen LogP contribution in [0.1, 0.15) is 11.1 Å². The number of hydrogen-bond donors (Lipinski definition) is 1. The van der Waals surface area contributed by atoms with Crippen molar-refractivity contribution in [1.29, 1.82) is 0 Å². The van der Waals surface area contributed by atoms with Crippen LogP contribution in [0.2, 0.25) is 0 Å². The van der Waals surface area contributed by atoms with Crippen molar-refractivity contribution in [3.8, 4) is 0 Å². The Morgan fingerprint density at radius 3 is 2.75 bits per heavy atom. The lowest BCUT2D eigenvalue weighted by molar-refractivity contribution is -0.645. The normalized spacial score (nSPS) is 10.2. The molecule has 5 heteroatoms. The summed E-state index contributed by atoms with van der Waals surface area (Å²) in [6.45, 7) is 2.53. The number of carbonyl (C=O) groups is 1. The number of aromatic nitrogens is 1. The van der Waals surface area contributed by atoms with Gasteiger partial charge in [0.15, 0.2) is 6.20 Å². The molecule has 0 bridgehead atoms. The van der Waals surface area contributed by atoms with Crippen molar-refractivity contribution in [3.05, 3.63) is 65.0 Å². The van der Waals surface area contributed by atoms with Crippen LogP contribution in [0.3, 0.4) is 0 Å². The molecule has 0 unspecified atom stereocenters. The van der Waals surface area contributed by atoms with Crippen LogP contribution in [0, 0.1) is 12.1 Å². The van der Waals surface area contributed by atoms with E-state index in [1.165, 1.54) is 18.0 Å². The largest absolute Gasteiger partial charge is 0.618 e. The van der Waals surface area contributed by atoms with Crippen molar-refractivity contribution in [2.45, 2.75) is 18.5 Å². The van der Waals surface area contributed by atoms with Gasteiger partial charge < -0.3 is 10.5 Å². The van der Waals surface area contributed by atoms with Gasteiger partial charge in [-0.15, -0.1) is 0 Å². The van der Waals surface area contributed by atoms with Crippen molar-refractivity contribution in [1.82, 2.24) is 5.32 Å². The minimum Gasteiger partial charge on any atom is -0.618 e. The van der Waals surface area contributed by atoms with Crippen LogP contribution in [0.4, 0.5) is 0 Å². The lowest BCUT2D eigenvalue weighted by Crippen LogP contribution is -2.30. The zero-order valence-electron chi connectivity index (χ0n) is 11.2. The number of nitrogens with one attached hydrogen (secondary N) is 1. The first kappa shape index (κ1) is 14.4. The highest BCUT2D eigenvalue weighted by atomic mass is 32.2. The first-order valence-electron chi connectivity index (χ1n) is 6.29. The summed E-state index contributed by atoms with van der Waals surface area (Å²) in [5.74, 6) is 0.153. The van der Waals surface area contributed by atoms with Crippen LogP contribution in [0.15, 0.2) is 53.7 Å². The molecule has 0 aliphatic rings. The van der Waals surface area contributed by atoms with E-state index in [-0.39, 0.29) is 11.7 Å². The standard InChI is InChI=1S/C15H16N2O2S/c1-12-6-2-3-7-13(12)10-16-14(18)11-20-15-8-4-5-9-17(15)19/h2-9H,10-11H2,1H3,(H,16,18). The quantitative estimate of drug-likeness (QED) is 0.520. The number of amides is 1. The fourth-order valence-corrected chi connectivity index (χ4v) is 2.46. The fourth-order valence-electron chi connectivity index (χ4n) is 1.72. The average molecular weight is 288 g/mol. The molecule has 1 aromatic heterocycles. The summed E-state index contributed by atoms with van der Waals surface area (Å²) in [5.41, 5.74) is 2.25. The molecular weight excluding hydrogens is 272 g/mol. The number of aryl methyl sites for hydroxylation is 1. The zero-order chi connectivity index (χ0) is 14.4. The average Bonchev–Trinajstić information content (AvgIpc) is 2.45. The van der Waals surface area contributed by atoms with Gasteiger partial charge in [-0.05, 0) is 35.9 Å². The molecule has 1 aromatic carbocycles. The van der Waals surface area contributed by atoms with E-state index in [9.17, 15) is 10.0 Å². The molecule has 0 spiro atoms. The number of rotatable bonds is 5. The monoisotopic (exact) mass is 288 g/mol. The van der Waals surface area contributed by atoms with Crippen molar-refractivity contribution >= 4 is 17.7 Å². The minimum atomic E-state index is -0.0814. The molecule has 0 atom stereocenters. The summed E-state index contributed by atoms with van der Waals surface area (Å²) in [4.78, 5) is 11.8. The van der Waals surface area contributed by atoms with E-state index in [0.717, 1.165) is 15.9 Å². The second kappa shape index (κ2) is 6.96. The maximum absolute atomic E-state index is 11.8. The molecular formula is C15H16N2O2S. The van der Waals surface area contributed by atoms with Gasteiger partial charge in [-0.2, -0.15) is 4.73 Å². The summed E-state index contributed by atoms with van der Waals surface area (Å²) >= 11 is 1.23. The summed E-state index contributed by atoms with van der Waals surface area (Å²) in [6, 6.07) is 13.1. The highest BCUT2D eigenvalue weighted by Gasteiger charge is 2.08. The number of nitrogens with zero attached hydrogens (tertiary/aromatic N) is 1. The van der Waals surface area contributed by atoms with Gasteiger partial charge in [0.05, 0.1) is 5.75 Å². The highest BCUT2D eigenvalue weighted by molar-refractivity contribution is 7.99. The molecule has 4 nitrogen and oxygen atoms in total. The van der Waals surface area contributed by atoms with E-state index in [4.69, 9.17) is 0 Å². The van der Waals surface area contributed by atoms with Crippen LogP contribution in [0.25, 0.3) is 0 Å². The van der Waals surface area contributed by atoms with Crippen LogP contribution >= 0.6 is 11.8 Å². The predicted octanol–water partition coefficient (Wildman–Crippen LogP) is 2.04. The first-order valence-corrected chi connectivity index (χ1v) is 7.27. The number of pyridine rings is 1.